The molecule has 0 aliphatic carbocycles. The molecule has 3 aromatic rings. The lowest BCUT2D eigenvalue weighted by molar-refractivity contribution is -0.119. The second-order valence-electron chi connectivity index (χ2n) is 6.09. The Labute approximate surface area is 147 Å². The van der Waals surface area contributed by atoms with Crippen LogP contribution >= 0.6 is 0 Å². The molecule has 0 saturated carbocycles. The van der Waals surface area contributed by atoms with Gasteiger partial charge in [0.15, 0.2) is 11.6 Å². The third-order valence-corrected chi connectivity index (χ3v) is 4.47. The number of rotatable bonds is 3. The number of fused-ring (bicyclic) bond motifs is 1. The second kappa shape index (κ2) is 6.25. The van der Waals surface area contributed by atoms with Crippen molar-refractivity contribution >= 4 is 22.7 Å². The van der Waals surface area contributed by atoms with Crippen LogP contribution in [0.1, 0.15) is 34.5 Å². The Bertz CT molecular complexity index is 1060. The predicted octanol–water partition coefficient (Wildman–Crippen LogP) is 3.21. The van der Waals surface area contributed by atoms with Crippen LogP contribution in [-0.2, 0) is 4.79 Å². The Morgan fingerprint density at radius 2 is 1.81 bits per heavy atom. The molecule has 1 aromatic heterocycles. The van der Waals surface area contributed by atoms with Crippen LogP contribution in [0.3, 0.4) is 0 Å². The highest BCUT2D eigenvalue weighted by Gasteiger charge is 2.26. The van der Waals surface area contributed by atoms with E-state index in [9.17, 15) is 23.5 Å². The van der Waals surface area contributed by atoms with Gasteiger partial charge in [0.25, 0.3) is 5.91 Å². The van der Waals surface area contributed by atoms with Crippen molar-refractivity contribution in [2.45, 2.75) is 19.8 Å². The number of benzene rings is 2. The van der Waals surface area contributed by atoms with E-state index in [1.165, 1.54) is 28.8 Å². The van der Waals surface area contributed by atoms with E-state index in [-0.39, 0.29) is 11.3 Å². The van der Waals surface area contributed by atoms with Crippen molar-refractivity contribution in [2.24, 2.45) is 5.73 Å². The Morgan fingerprint density at radius 1 is 1.12 bits per heavy atom. The third kappa shape index (κ3) is 2.71. The zero-order chi connectivity index (χ0) is 19.2. The molecular formula is C19H16F2N2O3. The van der Waals surface area contributed by atoms with Gasteiger partial charge in [-0.3, -0.25) is 14.2 Å². The number of amides is 1. The van der Waals surface area contributed by atoms with E-state index in [0.717, 1.165) is 12.1 Å². The molecule has 0 aliphatic heterocycles. The summed E-state index contributed by atoms with van der Waals surface area (Å²) in [5.41, 5.74) is 6.73. The summed E-state index contributed by atoms with van der Waals surface area (Å²) >= 11 is 0. The standard InChI is InChI=1S/C19H16F2N2O3/c1-9(18(22)25)17-10(2)23(16-6-4-12(24)8-13(16)17)19(26)11-3-5-14(20)15(21)7-11/h3-9,24H,1-2H3,(H2,22,25)/t9-/m0/s1. The molecule has 3 rings (SSSR count). The molecule has 0 aliphatic rings. The van der Waals surface area contributed by atoms with Gasteiger partial charge in [0, 0.05) is 16.6 Å². The molecule has 0 spiro atoms. The minimum absolute atomic E-state index is 0.0344. The van der Waals surface area contributed by atoms with Gasteiger partial charge in [-0.15, -0.1) is 0 Å². The highest BCUT2D eigenvalue weighted by molar-refractivity contribution is 6.05. The number of primary amides is 1. The third-order valence-electron chi connectivity index (χ3n) is 4.47. The van der Waals surface area contributed by atoms with E-state index in [0.29, 0.717) is 22.2 Å². The zero-order valence-corrected chi connectivity index (χ0v) is 14.1. The topological polar surface area (TPSA) is 85.3 Å². The molecule has 0 saturated heterocycles. The molecular weight excluding hydrogens is 342 g/mol. The summed E-state index contributed by atoms with van der Waals surface area (Å²) in [5, 5.41) is 10.3. The number of aromatic nitrogens is 1. The van der Waals surface area contributed by atoms with Crippen LogP contribution in [0.2, 0.25) is 0 Å². The van der Waals surface area contributed by atoms with Gasteiger partial charge in [0.2, 0.25) is 5.91 Å². The molecule has 7 heteroatoms. The molecule has 3 N–H and O–H groups in total. The zero-order valence-electron chi connectivity index (χ0n) is 14.1. The second-order valence-corrected chi connectivity index (χ2v) is 6.09. The number of halogens is 2. The maximum atomic E-state index is 13.5. The number of phenolic OH excluding ortho intramolecular Hbond substituents is 1. The van der Waals surface area contributed by atoms with E-state index < -0.39 is 29.4 Å². The van der Waals surface area contributed by atoms with Crippen molar-refractivity contribution in [3.05, 3.63) is 64.9 Å². The number of aromatic hydroxyl groups is 1. The summed E-state index contributed by atoms with van der Waals surface area (Å²) in [6, 6.07) is 7.24. The van der Waals surface area contributed by atoms with Gasteiger partial charge >= 0.3 is 0 Å². The first-order chi connectivity index (χ1) is 12.2. The first-order valence-corrected chi connectivity index (χ1v) is 7.85. The minimum Gasteiger partial charge on any atom is -0.508 e. The number of phenols is 1. The molecule has 26 heavy (non-hydrogen) atoms. The molecule has 0 radical (unpaired) electrons. The fourth-order valence-corrected chi connectivity index (χ4v) is 3.14. The lowest BCUT2D eigenvalue weighted by Crippen LogP contribution is -2.20. The lowest BCUT2D eigenvalue weighted by Gasteiger charge is -2.10. The smallest absolute Gasteiger partial charge is 0.262 e. The van der Waals surface area contributed by atoms with E-state index in [1.807, 2.05) is 0 Å². The first-order valence-electron chi connectivity index (χ1n) is 7.85. The van der Waals surface area contributed by atoms with Crippen molar-refractivity contribution in [2.75, 3.05) is 0 Å². The summed E-state index contributed by atoms with van der Waals surface area (Å²) in [4.78, 5) is 24.6. The van der Waals surface area contributed by atoms with Crippen molar-refractivity contribution < 1.29 is 23.5 Å². The highest BCUT2D eigenvalue weighted by atomic mass is 19.2. The fourth-order valence-electron chi connectivity index (χ4n) is 3.14. The molecule has 2 aromatic carbocycles. The van der Waals surface area contributed by atoms with E-state index >= 15 is 0 Å². The SMILES string of the molecule is Cc1c([C@H](C)C(N)=O)c2cc(O)ccc2n1C(=O)c1ccc(F)c(F)c1. The molecule has 0 fully saturated rings. The van der Waals surface area contributed by atoms with Gasteiger partial charge in [-0.1, -0.05) is 0 Å². The molecule has 1 heterocycles. The summed E-state index contributed by atoms with van der Waals surface area (Å²) in [5.74, 6) is -4.10. The fraction of sp³-hybridized carbons (Fsp3) is 0.158. The van der Waals surface area contributed by atoms with Crippen molar-refractivity contribution in [1.82, 2.24) is 4.57 Å². The Hall–Kier alpha value is -3.22. The number of carbonyl (C=O) groups excluding carboxylic acids is 2. The largest absolute Gasteiger partial charge is 0.508 e. The van der Waals surface area contributed by atoms with Crippen molar-refractivity contribution in [1.29, 1.82) is 0 Å². The van der Waals surface area contributed by atoms with E-state index in [4.69, 9.17) is 5.73 Å². The normalized spacial score (nSPS) is 12.3. The van der Waals surface area contributed by atoms with Crippen LogP contribution in [0, 0.1) is 18.6 Å². The van der Waals surface area contributed by atoms with Gasteiger partial charge in [0.05, 0.1) is 11.4 Å². The Kier molecular flexibility index (Phi) is 4.23. The molecule has 1 atom stereocenters. The number of hydrogen-bond acceptors (Lipinski definition) is 3. The average molecular weight is 358 g/mol. The minimum atomic E-state index is -1.13. The van der Waals surface area contributed by atoms with Crippen LogP contribution in [-0.4, -0.2) is 21.5 Å². The molecule has 5 nitrogen and oxygen atoms in total. The Morgan fingerprint density at radius 3 is 2.42 bits per heavy atom. The Balaban J connectivity index is 2.29. The van der Waals surface area contributed by atoms with Gasteiger partial charge in [0.1, 0.15) is 5.75 Å². The van der Waals surface area contributed by atoms with Crippen LogP contribution in [0.5, 0.6) is 5.75 Å². The predicted molar refractivity (Wildman–Crippen MR) is 92.0 cm³/mol. The van der Waals surface area contributed by atoms with Crippen LogP contribution in [0.15, 0.2) is 36.4 Å². The van der Waals surface area contributed by atoms with E-state index in [1.54, 1.807) is 13.8 Å². The average Bonchev–Trinajstić information content (AvgIpc) is 2.87. The van der Waals surface area contributed by atoms with Crippen molar-refractivity contribution in [3.8, 4) is 5.75 Å². The number of nitrogens with zero attached hydrogens (tertiary/aromatic N) is 1. The summed E-state index contributed by atoms with van der Waals surface area (Å²) in [6.07, 6.45) is 0. The maximum absolute atomic E-state index is 13.5. The lowest BCUT2D eigenvalue weighted by atomic mass is 9.97. The molecule has 0 bridgehead atoms. The molecule has 0 unspecified atom stereocenters. The van der Waals surface area contributed by atoms with Crippen molar-refractivity contribution in [3.63, 3.8) is 0 Å². The van der Waals surface area contributed by atoms with Gasteiger partial charge in [-0.05, 0) is 55.8 Å². The number of nitrogens with two attached hydrogens (primary N) is 1. The van der Waals surface area contributed by atoms with E-state index in [2.05, 4.69) is 0 Å². The number of hydrogen-bond donors (Lipinski definition) is 2. The quantitative estimate of drug-likeness (QED) is 0.754. The molecule has 1 amide bonds. The van der Waals surface area contributed by atoms with Gasteiger partial charge in [-0.2, -0.15) is 0 Å². The number of carbonyl (C=O) groups is 2. The van der Waals surface area contributed by atoms with Crippen LogP contribution in [0.25, 0.3) is 10.9 Å². The van der Waals surface area contributed by atoms with Crippen LogP contribution in [0.4, 0.5) is 8.78 Å². The highest BCUT2D eigenvalue weighted by Crippen LogP contribution is 2.34. The summed E-state index contributed by atoms with van der Waals surface area (Å²) in [7, 11) is 0. The summed E-state index contributed by atoms with van der Waals surface area (Å²) in [6.45, 7) is 3.23. The maximum Gasteiger partial charge on any atom is 0.262 e. The van der Waals surface area contributed by atoms with Gasteiger partial charge in [-0.25, -0.2) is 8.78 Å². The molecule has 134 valence electrons. The monoisotopic (exact) mass is 358 g/mol. The summed E-state index contributed by atoms with van der Waals surface area (Å²) < 4.78 is 28.0. The first kappa shape index (κ1) is 17.6. The van der Waals surface area contributed by atoms with Gasteiger partial charge < -0.3 is 10.8 Å². The van der Waals surface area contributed by atoms with Crippen LogP contribution < -0.4 is 5.73 Å².